The Kier molecular flexibility index (Phi) is 4.98. The second-order valence-corrected chi connectivity index (χ2v) is 6.69. The summed E-state index contributed by atoms with van der Waals surface area (Å²) in [4.78, 5) is 2.71. The van der Waals surface area contributed by atoms with Crippen LogP contribution in [-0.2, 0) is 6.54 Å². The number of rotatable bonds is 3. The summed E-state index contributed by atoms with van der Waals surface area (Å²) in [6, 6.07) is 9.15. The van der Waals surface area contributed by atoms with Crippen molar-refractivity contribution >= 4 is 11.6 Å². The van der Waals surface area contributed by atoms with Crippen LogP contribution in [0.25, 0.3) is 0 Å². The summed E-state index contributed by atoms with van der Waals surface area (Å²) in [6.07, 6.45) is 6.82. The molecular formula is C17H25ClN2. The highest BCUT2D eigenvalue weighted by Crippen LogP contribution is 2.30. The van der Waals surface area contributed by atoms with Gasteiger partial charge in [-0.2, -0.15) is 0 Å². The van der Waals surface area contributed by atoms with Gasteiger partial charge in [0.15, 0.2) is 0 Å². The fourth-order valence-corrected chi connectivity index (χ4v) is 4.06. The van der Waals surface area contributed by atoms with E-state index in [4.69, 9.17) is 11.6 Å². The molecule has 2 nitrogen and oxygen atoms in total. The van der Waals surface area contributed by atoms with Gasteiger partial charge in [-0.1, -0.05) is 30.2 Å². The first kappa shape index (κ1) is 14.4. The van der Waals surface area contributed by atoms with Crippen molar-refractivity contribution in [3.8, 4) is 0 Å². The molecule has 2 fully saturated rings. The van der Waals surface area contributed by atoms with E-state index in [1.54, 1.807) is 0 Å². The van der Waals surface area contributed by atoms with Crippen LogP contribution in [0.15, 0.2) is 24.3 Å². The Morgan fingerprint density at radius 2 is 2.00 bits per heavy atom. The molecule has 2 aliphatic heterocycles. The van der Waals surface area contributed by atoms with Gasteiger partial charge in [0, 0.05) is 17.6 Å². The maximum Gasteiger partial charge on any atom is 0.0409 e. The van der Waals surface area contributed by atoms with Crippen LogP contribution in [0.5, 0.6) is 0 Å². The number of piperidine rings is 2. The number of likely N-dealkylation sites (tertiary alicyclic amines) is 1. The predicted octanol–water partition coefficient (Wildman–Crippen LogP) is 3.69. The van der Waals surface area contributed by atoms with Crippen LogP contribution in [0.2, 0.25) is 5.02 Å². The SMILES string of the molecule is Clc1cccc(CN2CCCCC2C2CCNCC2)c1. The zero-order chi connectivity index (χ0) is 13.8. The molecule has 0 amide bonds. The maximum absolute atomic E-state index is 6.12. The predicted molar refractivity (Wildman–Crippen MR) is 85.1 cm³/mol. The first-order valence-corrected chi connectivity index (χ1v) is 8.40. The van der Waals surface area contributed by atoms with Crippen LogP contribution in [0.4, 0.5) is 0 Å². The van der Waals surface area contributed by atoms with Crippen LogP contribution in [0.3, 0.4) is 0 Å². The average molecular weight is 293 g/mol. The molecule has 1 unspecified atom stereocenters. The van der Waals surface area contributed by atoms with E-state index in [0.717, 1.165) is 23.5 Å². The molecule has 3 rings (SSSR count). The zero-order valence-electron chi connectivity index (χ0n) is 12.2. The fraction of sp³-hybridized carbons (Fsp3) is 0.647. The van der Waals surface area contributed by atoms with E-state index in [9.17, 15) is 0 Å². The number of benzene rings is 1. The number of hydrogen-bond acceptors (Lipinski definition) is 2. The van der Waals surface area contributed by atoms with E-state index in [2.05, 4.69) is 28.4 Å². The standard InChI is InChI=1S/C17H25ClN2/c18-16-5-3-4-14(12-16)13-20-11-2-1-6-17(20)15-7-9-19-10-8-15/h3-5,12,15,17,19H,1-2,6-11,13H2. The molecule has 0 spiro atoms. The number of halogens is 1. The highest BCUT2D eigenvalue weighted by atomic mass is 35.5. The molecule has 0 saturated carbocycles. The van der Waals surface area contributed by atoms with Crippen molar-refractivity contribution in [1.82, 2.24) is 10.2 Å². The van der Waals surface area contributed by atoms with Crippen molar-refractivity contribution in [2.45, 2.75) is 44.7 Å². The van der Waals surface area contributed by atoms with Gasteiger partial charge in [-0.3, -0.25) is 4.90 Å². The summed E-state index contributed by atoms with van der Waals surface area (Å²) in [5, 5.41) is 4.35. The zero-order valence-corrected chi connectivity index (χ0v) is 12.9. The number of hydrogen-bond donors (Lipinski definition) is 1. The monoisotopic (exact) mass is 292 g/mol. The van der Waals surface area contributed by atoms with Gasteiger partial charge in [0.1, 0.15) is 0 Å². The largest absolute Gasteiger partial charge is 0.317 e. The fourth-order valence-electron chi connectivity index (χ4n) is 3.85. The quantitative estimate of drug-likeness (QED) is 0.914. The molecule has 1 aromatic rings. The first-order valence-electron chi connectivity index (χ1n) is 8.02. The summed E-state index contributed by atoms with van der Waals surface area (Å²) in [6.45, 7) is 4.72. The van der Waals surface area contributed by atoms with Gasteiger partial charge >= 0.3 is 0 Å². The van der Waals surface area contributed by atoms with Crippen LogP contribution in [0, 0.1) is 5.92 Å². The lowest BCUT2D eigenvalue weighted by molar-refractivity contribution is 0.0778. The summed E-state index contributed by atoms with van der Waals surface area (Å²) < 4.78 is 0. The lowest BCUT2D eigenvalue weighted by atomic mass is 9.84. The Bertz CT molecular complexity index is 429. The molecule has 1 atom stereocenters. The molecular weight excluding hydrogens is 268 g/mol. The second kappa shape index (κ2) is 6.93. The van der Waals surface area contributed by atoms with Crippen LogP contribution in [-0.4, -0.2) is 30.6 Å². The number of nitrogens with zero attached hydrogens (tertiary/aromatic N) is 1. The van der Waals surface area contributed by atoms with Crippen molar-refractivity contribution < 1.29 is 0 Å². The van der Waals surface area contributed by atoms with Crippen LogP contribution < -0.4 is 5.32 Å². The molecule has 0 aromatic heterocycles. The minimum atomic E-state index is 0.782. The molecule has 1 aromatic carbocycles. The van der Waals surface area contributed by atoms with Gasteiger partial charge in [-0.05, 0) is 68.9 Å². The third kappa shape index (κ3) is 3.55. The summed E-state index contributed by atoms with van der Waals surface area (Å²) in [7, 11) is 0. The first-order chi connectivity index (χ1) is 9.83. The molecule has 0 radical (unpaired) electrons. The molecule has 2 heterocycles. The third-order valence-corrected chi connectivity index (χ3v) is 5.10. The molecule has 0 aliphatic carbocycles. The molecule has 2 saturated heterocycles. The summed E-state index contributed by atoms with van der Waals surface area (Å²) in [5.41, 5.74) is 1.36. The van der Waals surface area contributed by atoms with Gasteiger partial charge in [-0.25, -0.2) is 0 Å². The third-order valence-electron chi connectivity index (χ3n) is 4.87. The van der Waals surface area contributed by atoms with Gasteiger partial charge in [0.2, 0.25) is 0 Å². The average Bonchev–Trinajstić information content (AvgIpc) is 2.49. The minimum Gasteiger partial charge on any atom is -0.317 e. The Morgan fingerprint density at radius 1 is 1.15 bits per heavy atom. The molecule has 0 bridgehead atoms. The highest BCUT2D eigenvalue weighted by molar-refractivity contribution is 6.30. The van der Waals surface area contributed by atoms with E-state index in [-0.39, 0.29) is 0 Å². The second-order valence-electron chi connectivity index (χ2n) is 6.25. The topological polar surface area (TPSA) is 15.3 Å². The minimum absolute atomic E-state index is 0.782. The molecule has 2 aliphatic rings. The van der Waals surface area contributed by atoms with Gasteiger partial charge in [0.25, 0.3) is 0 Å². The van der Waals surface area contributed by atoms with Crippen molar-refractivity contribution in [3.05, 3.63) is 34.9 Å². The Hall–Kier alpha value is -0.570. The van der Waals surface area contributed by atoms with Crippen molar-refractivity contribution in [3.63, 3.8) is 0 Å². The van der Waals surface area contributed by atoms with Crippen molar-refractivity contribution in [2.75, 3.05) is 19.6 Å². The van der Waals surface area contributed by atoms with Gasteiger partial charge in [-0.15, -0.1) is 0 Å². The lowest BCUT2D eigenvalue weighted by Crippen LogP contribution is -2.46. The molecule has 1 N–H and O–H groups in total. The van der Waals surface area contributed by atoms with Crippen molar-refractivity contribution in [2.24, 2.45) is 5.92 Å². The number of nitrogens with one attached hydrogen (secondary N) is 1. The molecule has 3 heteroatoms. The van der Waals surface area contributed by atoms with E-state index in [1.807, 2.05) is 6.07 Å². The Balaban J connectivity index is 1.68. The van der Waals surface area contributed by atoms with Crippen LogP contribution in [0.1, 0.15) is 37.7 Å². The lowest BCUT2D eigenvalue weighted by Gasteiger charge is -2.42. The van der Waals surface area contributed by atoms with Gasteiger partial charge < -0.3 is 5.32 Å². The summed E-state index contributed by atoms with van der Waals surface area (Å²) in [5.74, 6) is 0.885. The van der Waals surface area contributed by atoms with E-state index in [1.165, 1.54) is 57.3 Å². The normalized spacial score (nSPS) is 25.8. The van der Waals surface area contributed by atoms with Crippen LogP contribution >= 0.6 is 11.6 Å². The van der Waals surface area contributed by atoms with Gasteiger partial charge in [0.05, 0.1) is 0 Å². The highest BCUT2D eigenvalue weighted by Gasteiger charge is 2.30. The molecule has 20 heavy (non-hydrogen) atoms. The Labute approximate surface area is 127 Å². The smallest absolute Gasteiger partial charge is 0.0409 e. The van der Waals surface area contributed by atoms with E-state index in [0.29, 0.717) is 0 Å². The molecule has 110 valence electrons. The van der Waals surface area contributed by atoms with E-state index >= 15 is 0 Å². The Morgan fingerprint density at radius 3 is 2.80 bits per heavy atom. The maximum atomic E-state index is 6.12. The van der Waals surface area contributed by atoms with E-state index < -0.39 is 0 Å². The summed E-state index contributed by atoms with van der Waals surface area (Å²) >= 11 is 6.12. The van der Waals surface area contributed by atoms with Crippen molar-refractivity contribution in [1.29, 1.82) is 0 Å².